The van der Waals surface area contributed by atoms with Crippen molar-refractivity contribution in [2.45, 2.75) is 38.6 Å². The van der Waals surface area contributed by atoms with Gasteiger partial charge in [0.25, 0.3) is 0 Å². The molecule has 0 aromatic heterocycles. The van der Waals surface area contributed by atoms with Crippen molar-refractivity contribution in [2.75, 3.05) is 7.05 Å². The normalized spacial score (nSPS) is 17.0. The molecule has 0 spiro atoms. The van der Waals surface area contributed by atoms with Crippen LogP contribution in [0, 0.1) is 5.92 Å². The first-order valence-electron chi connectivity index (χ1n) is 6.59. The zero-order valence-electron chi connectivity index (χ0n) is 10.5. The van der Waals surface area contributed by atoms with Crippen LogP contribution in [0.25, 0.3) is 0 Å². The summed E-state index contributed by atoms with van der Waals surface area (Å²) < 4.78 is 0. The Kier molecular flexibility index (Phi) is 4.32. The minimum Gasteiger partial charge on any atom is -0.316 e. The molecule has 2 rings (SSSR count). The van der Waals surface area contributed by atoms with E-state index in [1.807, 2.05) is 25.2 Å². The lowest BCUT2D eigenvalue weighted by molar-refractivity contribution is 0.0889. The van der Waals surface area contributed by atoms with E-state index in [9.17, 15) is 4.79 Å². The highest BCUT2D eigenvalue weighted by molar-refractivity contribution is 5.98. The molecule has 0 amide bonds. The third-order valence-corrected chi connectivity index (χ3v) is 3.57. The van der Waals surface area contributed by atoms with Gasteiger partial charge in [-0.1, -0.05) is 37.5 Å². The Morgan fingerprint density at radius 2 is 2.06 bits per heavy atom. The molecule has 1 aliphatic rings. The third kappa shape index (κ3) is 3.16. The van der Waals surface area contributed by atoms with Crippen molar-refractivity contribution < 1.29 is 4.79 Å². The molecule has 0 atom stereocenters. The summed E-state index contributed by atoms with van der Waals surface area (Å²) in [5.74, 6) is 0.622. The minimum absolute atomic E-state index is 0.272. The van der Waals surface area contributed by atoms with Crippen LogP contribution in [0.1, 0.15) is 48.0 Å². The lowest BCUT2D eigenvalue weighted by Crippen LogP contribution is -2.18. The first-order valence-corrected chi connectivity index (χ1v) is 6.59. The fraction of sp³-hybridized carbons (Fsp3) is 0.533. The number of carbonyl (C=O) groups is 1. The molecule has 1 saturated carbocycles. The summed E-state index contributed by atoms with van der Waals surface area (Å²) >= 11 is 0. The molecule has 0 radical (unpaired) electrons. The van der Waals surface area contributed by atoms with Gasteiger partial charge in [-0.2, -0.15) is 0 Å². The number of nitrogens with one attached hydrogen (secondary N) is 1. The maximum Gasteiger partial charge on any atom is 0.165 e. The molecule has 1 aromatic rings. The zero-order chi connectivity index (χ0) is 12.1. The second-order valence-electron chi connectivity index (χ2n) is 4.93. The second-order valence-corrected chi connectivity index (χ2v) is 4.93. The summed E-state index contributed by atoms with van der Waals surface area (Å²) in [6.45, 7) is 0.825. The quantitative estimate of drug-likeness (QED) is 0.806. The maximum absolute atomic E-state index is 12.3. The van der Waals surface area contributed by atoms with Gasteiger partial charge in [-0.15, -0.1) is 0 Å². The minimum atomic E-state index is 0.272. The number of ketones is 1. The van der Waals surface area contributed by atoms with Crippen LogP contribution in [0.4, 0.5) is 0 Å². The standard InChI is InChI=1S/C15H21NO/c1-16-11-12-6-5-9-14(10-12)15(17)13-7-3-2-4-8-13/h5-6,9-10,13,16H,2-4,7-8,11H2,1H3. The first kappa shape index (κ1) is 12.3. The molecule has 1 fully saturated rings. The zero-order valence-corrected chi connectivity index (χ0v) is 10.5. The van der Waals surface area contributed by atoms with Gasteiger partial charge in [0.2, 0.25) is 0 Å². The highest BCUT2D eigenvalue weighted by Crippen LogP contribution is 2.27. The average molecular weight is 231 g/mol. The van der Waals surface area contributed by atoms with E-state index in [1.54, 1.807) is 0 Å². The third-order valence-electron chi connectivity index (χ3n) is 3.57. The molecular weight excluding hydrogens is 210 g/mol. The van der Waals surface area contributed by atoms with Gasteiger partial charge in [-0.3, -0.25) is 4.79 Å². The summed E-state index contributed by atoms with van der Waals surface area (Å²) in [6.07, 6.45) is 5.88. The van der Waals surface area contributed by atoms with Crippen molar-refractivity contribution in [3.05, 3.63) is 35.4 Å². The second kappa shape index (κ2) is 5.97. The predicted molar refractivity (Wildman–Crippen MR) is 70.1 cm³/mol. The van der Waals surface area contributed by atoms with Crippen LogP contribution in [-0.2, 0) is 6.54 Å². The van der Waals surface area contributed by atoms with Gasteiger partial charge in [-0.05, 0) is 31.5 Å². The van der Waals surface area contributed by atoms with Gasteiger partial charge < -0.3 is 5.32 Å². The molecule has 2 nitrogen and oxygen atoms in total. The fourth-order valence-electron chi connectivity index (χ4n) is 2.64. The molecule has 0 bridgehead atoms. The average Bonchev–Trinajstić information content (AvgIpc) is 2.40. The van der Waals surface area contributed by atoms with Gasteiger partial charge >= 0.3 is 0 Å². The molecule has 1 aliphatic carbocycles. The summed E-state index contributed by atoms with van der Waals surface area (Å²) in [5, 5.41) is 3.12. The van der Waals surface area contributed by atoms with Gasteiger partial charge in [-0.25, -0.2) is 0 Å². The van der Waals surface area contributed by atoms with Crippen LogP contribution in [0.3, 0.4) is 0 Å². The fourth-order valence-corrected chi connectivity index (χ4v) is 2.64. The van der Waals surface area contributed by atoms with E-state index < -0.39 is 0 Å². The molecule has 0 unspecified atom stereocenters. The molecular formula is C15H21NO. The monoisotopic (exact) mass is 231 g/mol. The Bertz CT molecular complexity index is 380. The van der Waals surface area contributed by atoms with Crippen LogP contribution in [0.15, 0.2) is 24.3 Å². The molecule has 0 heterocycles. The topological polar surface area (TPSA) is 29.1 Å². The van der Waals surface area contributed by atoms with Crippen molar-refractivity contribution in [1.29, 1.82) is 0 Å². The summed E-state index contributed by atoms with van der Waals surface area (Å²) in [6, 6.07) is 8.04. The molecule has 1 N–H and O–H groups in total. The lowest BCUT2D eigenvalue weighted by Gasteiger charge is -2.20. The van der Waals surface area contributed by atoms with Crippen molar-refractivity contribution in [3.63, 3.8) is 0 Å². The number of Topliss-reactive ketones (excluding diaryl/α,β-unsaturated/α-hetero) is 1. The molecule has 92 valence electrons. The Labute approximate surface area is 103 Å². The van der Waals surface area contributed by atoms with Crippen LogP contribution >= 0.6 is 0 Å². The Hall–Kier alpha value is -1.15. The Balaban J connectivity index is 2.09. The number of rotatable bonds is 4. The summed E-state index contributed by atoms with van der Waals surface area (Å²) in [4.78, 5) is 12.3. The largest absolute Gasteiger partial charge is 0.316 e. The van der Waals surface area contributed by atoms with Crippen LogP contribution < -0.4 is 5.32 Å². The highest BCUT2D eigenvalue weighted by atomic mass is 16.1. The summed E-state index contributed by atoms with van der Waals surface area (Å²) in [5.41, 5.74) is 2.08. The van der Waals surface area contributed by atoms with Gasteiger partial charge in [0.15, 0.2) is 5.78 Å². The highest BCUT2D eigenvalue weighted by Gasteiger charge is 2.22. The van der Waals surface area contributed by atoms with Crippen LogP contribution in [0.5, 0.6) is 0 Å². The molecule has 0 saturated heterocycles. The van der Waals surface area contributed by atoms with E-state index in [-0.39, 0.29) is 5.92 Å². The van der Waals surface area contributed by atoms with E-state index in [0.717, 1.165) is 24.9 Å². The SMILES string of the molecule is CNCc1cccc(C(=O)C2CCCCC2)c1. The van der Waals surface area contributed by atoms with Crippen molar-refractivity contribution in [1.82, 2.24) is 5.32 Å². The van der Waals surface area contributed by atoms with E-state index in [0.29, 0.717) is 5.78 Å². The molecule has 1 aromatic carbocycles. The smallest absolute Gasteiger partial charge is 0.165 e. The van der Waals surface area contributed by atoms with Crippen molar-refractivity contribution >= 4 is 5.78 Å². The molecule has 2 heteroatoms. The summed E-state index contributed by atoms with van der Waals surface area (Å²) in [7, 11) is 1.93. The predicted octanol–water partition coefficient (Wildman–Crippen LogP) is 3.17. The van der Waals surface area contributed by atoms with E-state index in [2.05, 4.69) is 11.4 Å². The number of hydrogen-bond donors (Lipinski definition) is 1. The molecule has 0 aliphatic heterocycles. The van der Waals surface area contributed by atoms with E-state index >= 15 is 0 Å². The lowest BCUT2D eigenvalue weighted by atomic mass is 9.83. The Morgan fingerprint density at radius 3 is 2.76 bits per heavy atom. The van der Waals surface area contributed by atoms with Crippen molar-refractivity contribution in [3.8, 4) is 0 Å². The van der Waals surface area contributed by atoms with Gasteiger partial charge in [0.1, 0.15) is 0 Å². The van der Waals surface area contributed by atoms with Crippen molar-refractivity contribution in [2.24, 2.45) is 5.92 Å². The maximum atomic E-state index is 12.3. The van der Waals surface area contributed by atoms with Crippen LogP contribution in [-0.4, -0.2) is 12.8 Å². The Morgan fingerprint density at radius 1 is 1.29 bits per heavy atom. The first-order chi connectivity index (χ1) is 8.31. The van der Waals surface area contributed by atoms with Gasteiger partial charge in [0.05, 0.1) is 0 Å². The number of carbonyl (C=O) groups excluding carboxylic acids is 1. The number of hydrogen-bond acceptors (Lipinski definition) is 2. The van der Waals surface area contributed by atoms with E-state index in [4.69, 9.17) is 0 Å². The van der Waals surface area contributed by atoms with Crippen LogP contribution in [0.2, 0.25) is 0 Å². The van der Waals surface area contributed by atoms with Gasteiger partial charge in [0, 0.05) is 18.0 Å². The number of benzene rings is 1. The molecule has 17 heavy (non-hydrogen) atoms. The van der Waals surface area contributed by atoms with E-state index in [1.165, 1.54) is 24.8 Å².